The van der Waals surface area contributed by atoms with Crippen molar-refractivity contribution in [3.05, 3.63) is 66.4 Å². The summed E-state index contributed by atoms with van der Waals surface area (Å²) in [4.78, 5) is 28.8. The summed E-state index contributed by atoms with van der Waals surface area (Å²) in [6, 6.07) is 18.8. The van der Waals surface area contributed by atoms with Gasteiger partial charge in [-0.15, -0.1) is 0 Å². The molecule has 1 heterocycles. The van der Waals surface area contributed by atoms with E-state index in [4.69, 9.17) is 10.00 Å². The molecule has 6 nitrogen and oxygen atoms in total. The number of aryl methyl sites for hydroxylation is 1. The number of carbonyl (C=O) groups is 2. The molecule has 1 amide bonds. The molecule has 0 saturated heterocycles. The van der Waals surface area contributed by atoms with Crippen LogP contribution in [0.4, 0.5) is 5.69 Å². The Bertz CT molecular complexity index is 989. The van der Waals surface area contributed by atoms with Crippen LogP contribution in [0.3, 0.4) is 0 Å². The molecule has 0 aliphatic rings. The molecule has 0 aliphatic heterocycles. The molecule has 0 radical (unpaired) electrons. The van der Waals surface area contributed by atoms with Gasteiger partial charge in [0.1, 0.15) is 6.54 Å². The predicted molar refractivity (Wildman–Crippen MR) is 107 cm³/mol. The van der Waals surface area contributed by atoms with E-state index in [0.29, 0.717) is 12.1 Å². The monoisotopic (exact) mass is 375 g/mol. The SMILES string of the molecule is N#CCN(C(=O)COC(=O)CCCc1c[nH]c2ccccc12)c1ccccc1. The van der Waals surface area contributed by atoms with E-state index in [-0.39, 0.29) is 19.6 Å². The molecule has 0 fully saturated rings. The molecule has 0 unspecified atom stereocenters. The molecule has 28 heavy (non-hydrogen) atoms. The number of fused-ring (bicyclic) bond motifs is 1. The molecule has 0 bridgehead atoms. The van der Waals surface area contributed by atoms with Crippen LogP contribution >= 0.6 is 0 Å². The van der Waals surface area contributed by atoms with Crippen LogP contribution in [0.15, 0.2) is 60.8 Å². The molecule has 142 valence electrons. The number of para-hydroxylation sites is 2. The van der Waals surface area contributed by atoms with Crippen molar-refractivity contribution in [2.45, 2.75) is 19.3 Å². The van der Waals surface area contributed by atoms with Gasteiger partial charge in [-0.25, -0.2) is 0 Å². The molecule has 1 aromatic heterocycles. The van der Waals surface area contributed by atoms with E-state index in [0.717, 1.165) is 22.9 Å². The topological polar surface area (TPSA) is 86.2 Å². The zero-order chi connectivity index (χ0) is 19.8. The number of nitrogens with zero attached hydrogens (tertiary/aromatic N) is 2. The molecule has 3 aromatic rings. The zero-order valence-electron chi connectivity index (χ0n) is 15.4. The summed E-state index contributed by atoms with van der Waals surface area (Å²) in [6.45, 7) is -0.469. The maximum atomic E-state index is 12.3. The van der Waals surface area contributed by atoms with Crippen molar-refractivity contribution in [1.29, 1.82) is 5.26 Å². The van der Waals surface area contributed by atoms with Crippen LogP contribution < -0.4 is 4.90 Å². The van der Waals surface area contributed by atoms with Gasteiger partial charge in [0, 0.05) is 29.2 Å². The van der Waals surface area contributed by atoms with Gasteiger partial charge >= 0.3 is 5.97 Å². The minimum absolute atomic E-state index is 0.0963. The maximum absolute atomic E-state index is 12.3. The lowest BCUT2D eigenvalue weighted by molar-refractivity contribution is -0.147. The first-order valence-corrected chi connectivity index (χ1v) is 9.12. The first-order valence-electron chi connectivity index (χ1n) is 9.12. The van der Waals surface area contributed by atoms with Crippen molar-refractivity contribution in [3.63, 3.8) is 0 Å². The van der Waals surface area contributed by atoms with Crippen molar-refractivity contribution in [2.24, 2.45) is 0 Å². The number of nitriles is 1. The van der Waals surface area contributed by atoms with Crippen LogP contribution in [0.5, 0.6) is 0 Å². The second-order valence-electron chi connectivity index (χ2n) is 6.35. The van der Waals surface area contributed by atoms with Crippen molar-refractivity contribution >= 4 is 28.5 Å². The summed E-state index contributed by atoms with van der Waals surface area (Å²) < 4.78 is 5.11. The van der Waals surface area contributed by atoms with E-state index >= 15 is 0 Å². The first-order chi connectivity index (χ1) is 13.7. The number of carbonyl (C=O) groups excluding carboxylic acids is 2. The van der Waals surface area contributed by atoms with Gasteiger partial charge in [0.2, 0.25) is 0 Å². The number of amides is 1. The normalized spacial score (nSPS) is 10.4. The lowest BCUT2D eigenvalue weighted by Gasteiger charge is -2.19. The largest absolute Gasteiger partial charge is 0.456 e. The molecule has 0 spiro atoms. The molecular weight excluding hydrogens is 354 g/mol. The fourth-order valence-corrected chi connectivity index (χ4v) is 3.06. The average molecular weight is 375 g/mol. The summed E-state index contributed by atoms with van der Waals surface area (Å²) in [7, 11) is 0. The van der Waals surface area contributed by atoms with Crippen molar-refractivity contribution in [1.82, 2.24) is 4.98 Å². The second kappa shape index (κ2) is 9.38. The van der Waals surface area contributed by atoms with Gasteiger partial charge in [-0.05, 0) is 36.6 Å². The Balaban J connectivity index is 1.47. The van der Waals surface area contributed by atoms with Crippen LogP contribution in [0.25, 0.3) is 10.9 Å². The summed E-state index contributed by atoms with van der Waals surface area (Å²) in [5.74, 6) is -0.837. The number of H-pyrrole nitrogens is 1. The molecule has 6 heteroatoms. The minimum atomic E-state index is -0.419. The van der Waals surface area contributed by atoms with E-state index in [9.17, 15) is 9.59 Å². The van der Waals surface area contributed by atoms with E-state index in [1.165, 1.54) is 4.90 Å². The van der Waals surface area contributed by atoms with Gasteiger partial charge in [0.05, 0.1) is 6.07 Å². The van der Waals surface area contributed by atoms with E-state index in [2.05, 4.69) is 4.98 Å². The highest BCUT2D eigenvalue weighted by atomic mass is 16.5. The number of nitrogens with one attached hydrogen (secondary N) is 1. The summed E-state index contributed by atoms with van der Waals surface area (Å²) in [5.41, 5.74) is 2.83. The Kier molecular flexibility index (Phi) is 6.42. The molecule has 1 N–H and O–H groups in total. The fourth-order valence-electron chi connectivity index (χ4n) is 3.06. The molecule has 0 saturated carbocycles. The van der Waals surface area contributed by atoms with E-state index < -0.39 is 11.9 Å². The second-order valence-corrected chi connectivity index (χ2v) is 6.35. The molecular formula is C22H21N3O3. The van der Waals surface area contributed by atoms with Gasteiger partial charge in [0.15, 0.2) is 6.61 Å². The number of esters is 1. The number of aromatic nitrogens is 1. The van der Waals surface area contributed by atoms with Crippen LogP contribution in [0.1, 0.15) is 18.4 Å². The quantitative estimate of drug-likeness (QED) is 0.481. The lowest BCUT2D eigenvalue weighted by Crippen LogP contribution is -2.35. The van der Waals surface area contributed by atoms with Gasteiger partial charge in [-0.1, -0.05) is 36.4 Å². The van der Waals surface area contributed by atoms with Crippen molar-refractivity contribution < 1.29 is 14.3 Å². The Morgan fingerprint density at radius 1 is 1.07 bits per heavy atom. The smallest absolute Gasteiger partial charge is 0.306 e. The van der Waals surface area contributed by atoms with Gasteiger partial charge in [-0.2, -0.15) is 5.26 Å². The third kappa shape index (κ3) is 4.77. The number of benzene rings is 2. The summed E-state index contributed by atoms with van der Waals surface area (Å²) in [6.07, 6.45) is 3.57. The van der Waals surface area contributed by atoms with Crippen LogP contribution in [0, 0.1) is 11.3 Å². The average Bonchev–Trinajstić information content (AvgIpc) is 3.14. The standard InChI is InChI=1S/C22H21N3O3/c23-13-14-25(18-8-2-1-3-9-18)21(26)16-28-22(27)12-6-7-17-15-24-20-11-5-4-10-19(17)20/h1-5,8-11,15,24H,6-7,12,14,16H2. The van der Waals surface area contributed by atoms with Crippen LogP contribution in [-0.4, -0.2) is 30.0 Å². The minimum Gasteiger partial charge on any atom is -0.456 e. The first kappa shape index (κ1) is 19.2. The Hall–Kier alpha value is -3.59. The number of aromatic amines is 1. The third-order valence-corrected chi connectivity index (χ3v) is 4.46. The summed E-state index contributed by atoms with van der Waals surface area (Å²) >= 11 is 0. The molecule has 0 aliphatic carbocycles. The lowest BCUT2D eigenvalue weighted by atomic mass is 10.1. The summed E-state index contributed by atoms with van der Waals surface area (Å²) in [5, 5.41) is 10.1. The van der Waals surface area contributed by atoms with Crippen LogP contribution in [-0.2, 0) is 20.7 Å². The highest BCUT2D eigenvalue weighted by Gasteiger charge is 2.17. The number of hydrogen-bond donors (Lipinski definition) is 1. The van der Waals surface area contributed by atoms with Crippen molar-refractivity contribution in [3.8, 4) is 6.07 Å². The Morgan fingerprint density at radius 2 is 1.82 bits per heavy atom. The van der Waals surface area contributed by atoms with E-state index in [1.54, 1.807) is 24.3 Å². The molecule has 3 rings (SSSR count). The number of rotatable bonds is 8. The highest BCUT2D eigenvalue weighted by Crippen LogP contribution is 2.19. The number of ether oxygens (including phenoxy) is 1. The fraction of sp³-hybridized carbons (Fsp3) is 0.227. The van der Waals surface area contributed by atoms with E-state index in [1.807, 2.05) is 42.6 Å². The van der Waals surface area contributed by atoms with Gasteiger partial charge in [-0.3, -0.25) is 14.5 Å². The molecule has 2 aromatic carbocycles. The Morgan fingerprint density at radius 3 is 2.61 bits per heavy atom. The number of hydrogen-bond acceptors (Lipinski definition) is 4. The van der Waals surface area contributed by atoms with Gasteiger partial charge < -0.3 is 9.72 Å². The Labute approximate surface area is 163 Å². The molecule has 0 atom stereocenters. The number of anilines is 1. The zero-order valence-corrected chi connectivity index (χ0v) is 15.4. The third-order valence-electron chi connectivity index (χ3n) is 4.46. The maximum Gasteiger partial charge on any atom is 0.306 e. The highest BCUT2D eigenvalue weighted by molar-refractivity contribution is 5.95. The van der Waals surface area contributed by atoms with Crippen molar-refractivity contribution in [2.75, 3.05) is 18.1 Å². The predicted octanol–water partition coefficient (Wildman–Crippen LogP) is 3.59. The van der Waals surface area contributed by atoms with Gasteiger partial charge in [0.25, 0.3) is 5.91 Å². The van der Waals surface area contributed by atoms with Crippen LogP contribution in [0.2, 0.25) is 0 Å².